The molecule has 2 N–H and O–H groups in total. The molecule has 6 nitrogen and oxygen atoms in total. The van der Waals surface area contributed by atoms with Crippen LogP contribution in [0.4, 0.5) is 0 Å². The minimum Gasteiger partial charge on any atom is -0.496 e. The van der Waals surface area contributed by atoms with Gasteiger partial charge in [-0.05, 0) is 31.0 Å². The Morgan fingerprint density at radius 3 is 2.43 bits per heavy atom. The van der Waals surface area contributed by atoms with E-state index in [2.05, 4.69) is 0 Å². The van der Waals surface area contributed by atoms with Crippen molar-refractivity contribution in [2.24, 2.45) is 0 Å². The van der Waals surface area contributed by atoms with Crippen LogP contribution >= 0.6 is 0 Å². The molecule has 1 aromatic carbocycles. The number of unbranched alkanes of at least 4 members (excludes halogenated alkanes) is 3. The average Bonchev–Trinajstić information content (AvgIpc) is 2.46. The molecule has 0 spiro atoms. The van der Waals surface area contributed by atoms with Crippen LogP contribution in [0.5, 0.6) is 5.75 Å². The van der Waals surface area contributed by atoms with Gasteiger partial charge >= 0.3 is 5.97 Å². The van der Waals surface area contributed by atoms with Crippen LogP contribution in [0.1, 0.15) is 36.0 Å². The Labute approximate surface area is 124 Å². The van der Waals surface area contributed by atoms with Crippen molar-refractivity contribution in [3.8, 4) is 5.75 Å². The zero-order chi connectivity index (χ0) is 15.9. The van der Waals surface area contributed by atoms with Crippen molar-refractivity contribution in [2.75, 3.05) is 19.5 Å². The monoisotopic (exact) mass is 316 g/mol. The van der Waals surface area contributed by atoms with Gasteiger partial charge in [-0.1, -0.05) is 12.8 Å². The molecule has 0 saturated heterocycles. The van der Waals surface area contributed by atoms with E-state index in [-0.39, 0.29) is 28.6 Å². The van der Waals surface area contributed by atoms with Crippen molar-refractivity contribution in [1.29, 1.82) is 0 Å². The first-order valence-electron chi connectivity index (χ1n) is 6.67. The summed E-state index contributed by atoms with van der Waals surface area (Å²) in [6.07, 6.45) is 2.62. The molecule has 21 heavy (non-hydrogen) atoms. The fourth-order valence-electron chi connectivity index (χ4n) is 1.92. The van der Waals surface area contributed by atoms with Crippen molar-refractivity contribution in [3.63, 3.8) is 0 Å². The average molecular weight is 316 g/mol. The molecule has 7 heteroatoms. The van der Waals surface area contributed by atoms with Gasteiger partial charge in [0.1, 0.15) is 11.3 Å². The molecule has 0 saturated carbocycles. The third-order valence-corrected chi connectivity index (χ3v) is 4.88. The van der Waals surface area contributed by atoms with Gasteiger partial charge in [-0.2, -0.15) is 0 Å². The van der Waals surface area contributed by atoms with Crippen LogP contribution in [0.2, 0.25) is 0 Å². The number of aliphatic hydroxyl groups is 1. The summed E-state index contributed by atoms with van der Waals surface area (Å²) < 4.78 is 29.2. The highest BCUT2D eigenvalue weighted by Crippen LogP contribution is 2.23. The van der Waals surface area contributed by atoms with Gasteiger partial charge in [-0.25, -0.2) is 13.2 Å². The molecule has 118 valence electrons. The van der Waals surface area contributed by atoms with Crippen LogP contribution in [-0.4, -0.2) is 44.1 Å². The molecule has 1 rings (SSSR count). The van der Waals surface area contributed by atoms with Gasteiger partial charge in [0, 0.05) is 6.61 Å². The Hall–Kier alpha value is -1.60. The summed E-state index contributed by atoms with van der Waals surface area (Å²) in [6, 6.07) is 3.83. The van der Waals surface area contributed by atoms with Crippen LogP contribution in [0.3, 0.4) is 0 Å². The summed E-state index contributed by atoms with van der Waals surface area (Å²) in [7, 11) is -2.18. The fraction of sp³-hybridized carbons (Fsp3) is 0.500. The molecule has 0 radical (unpaired) electrons. The number of hydrogen-bond donors (Lipinski definition) is 2. The van der Waals surface area contributed by atoms with E-state index < -0.39 is 15.8 Å². The lowest BCUT2D eigenvalue weighted by molar-refractivity contribution is 0.0693. The van der Waals surface area contributed by atoms with E-state index in [0.29, 0.717) is 19.3 Å². The first-order valence-corrected chi connectivity index (χ1v) is 8.32. The van der Waals surface area contributed by atoms with Crippen molar-refractivity contribution < 1.29 is 28.2 Å². The highest BCUT2D eigenvalue weighted by atomic mass is 32.2. The summed E-state index contributed by atoms with van der Waals surface area (Å²) in [5, 5.41) is 17.7. The quantitative estimate of drug-likeness (QED) is 0.673. The van der Waals surface area contributed by atoms with Crippen LogP contribution in [0.15, 0.2) is 23.1 Å². The smallest absolute Gasteiger partial charge is 0.339 e. The SMILES string of the molecule is COc1ccc(S(=O)(=O)CCCCCCO)cc1C(=O)O. The van der Waals surface area contributed by atoms with E-state index >= 15 is 0 Å². The number of carboxylic acid groups (broad SMARTS) is 1. The molecule has 0 unspecified atom stereocenters. The van der Waals surface area contributed by atoms with Gasteiger partial charge in [0.05, 0.1) is 17.8 Å². The van der Waals surface area contributed by atoms with Crippen LogP contribution in [0, 0.1) is 0 Å². The molecule has 0 atom stereocenters. The predicted molar refractivity (Wildman–Crippen MR) is 77.6 cm³/mol. The number of aliphatic hydroxyl groups excluding tert-OH is 1. The first-order chi connectivity index (χ1) is 9.92. The van der Waals surface area contributed by atoms with E-state index in [9.17, 15) is 13.2 Å². The van der Waals surface area contributed by atoms with Crippen molar-refractivity contribution in [2.45, 2.75) is 30.6 Å². The Morgan fingerprint density at radius 2 is 1.86 bits per heavy atom. The van der Waals surface area contributed by atoms with Crippen LogP contribution < -0.4 is 4.74 Å². The third kappa shape index (κ3) is 5.02. The Kier molecular flexibility index (Phi) is 6.64. The number of carbonyl (C=O) groups is 1. The first kappa shape index (κ1) is 17.5. The van der Waals surface area contributed by atoms with Crippen molar-refractivity contribution >= 4 is 15.8 Å². The number of sulfone groups is 1. The zero-order valence-electron chi connectivity index (χ0n) is 11.9. The summed E-state index contributed by atoms with van der Waals surface area (Å²) in [4.78, 5) is 11.1. The molecule has 0 fully saturated rings. The normalized spacial score (nSPS) is 11.3. The molecule has 1 aromatic rings. The lowest BCUT2D eigenvalue weighted by atomic mass is 10.2. The van der Waals surface area contributed by atoms with Crippen molar-refractivity contribution in [1.82, 2.24) is 0 Å². The number of methoxy groups -OCH3 is 1. The third-order valence-electron chi connectivity index (χ3n) is 3.08. The zero-order valence-corrected chi connectivity index (χ0v) is 12.7. The number of rotatable bonds is 9. The van der Waals surface area contributed by atoms with Gasteiger partial charge in [0.25, 0.3) is 0 Å². The Morgan fingerprint density at radius 1 is 1.19 bits per heavy atom. The Balaban J connectivity index is 2.83. The fourth-order valence-corrected chi connectivity index (χ4v) is 3.32. The molecular weight excluding hydrogens is 296 g/mol. The van der Waals surface area contributed by atoms with Crippen LogP contribution in [0.25, 0.3) is 0 Å². The minimum atomic E-state index is -3.51. The number of ether oxygens (including phenoxy) is 1. The maximum absolute atomic E-state index is 12.2. The van der Waals surface area contributed by atoms with Gasteiger partial charge in [0.2, 0.25) is 0 Å². The predicted octanol–water partition coefficient (Wildman–Crippen LogP) is 1.72. The molecule has 0 heterocycles. The minimum absolute atomic E-state index is 0.0112. The molecule has 0 aliphatic carbocycles. The molecular formula is C14H20O6S. The molecule has 0 aliphatic heterocycles. The number of aromatic carboxylic acids is 1. The summed E-state index contributed by atoms with van der Waals surface area (Å²) in [5.74, 6) is -1.14. The second-order valence-corrected chi connectivity index (χ2v) is 6.73. The number of hydrogen-bond acceptors (Lipinski definition) is 5. The maximum atomic E-state index is 12.2. The summed E-state index contributed by atoms with van der Waals surface area (Å²) in [6.45, 7) is 0.104. The molecule has 0 aliphatic rings. The van der Waals surface area contributed by atoms with E-state index in [1.807, 2.05) is 0 Å². The molecule has 0 bridgehead atoms. The summed E-state index contributed by atoms with van der Waals surface area (Å²) in [5.41, 5.74) is -0.168. The lowest BCUT2D eigenvalue weighted by Crippen LogP contribution is -2.09. The second kappa shape index (κ2) is 7.99. The topological polar surface area (TPSA) is 101 Å². The van der Waals surface area contributed by atoms with E-state index in [1.54, 1.807) is 0 Å². The molecule has 0 amide bonds. The standard InChI is InChI=1S/C14H20O6S/c1-20-13-7-6-11(10-12(13)14(16)17)21(18,19)9-5-3-2-4-8-15/h6-7,10,15H,2-5,8-9H2,1H3,(H,16,17). The van der Waals surface area contributed by atoms with Gasteiger partial charge in [0.15, 0.2) is 9.84 Å². The van der Waals surface area contributed by atoms with Gasteiger partial charge < -0.3 is 14.9 Å². The highest BCUT2D eigenvalue weighted by Gasteiger charge is 2.19. The molecule has 0 aromatic heterocycles. The van der Waals surface area contributed by atoms with Gasteiger partial charge in [-0.15, -0.1) is 0 Å². The van der Waals surface area contributed by atoms with Gasteiger partial charge in [-0.3, -0.25) is 0 Å². The summed E-state index contributed by atoms with van der Waals surface area (Å²) >= 11 is 0. The largest absolute Gasteiger partial charge is 0.496 e. The van der Waals surface area contributed by atoms with Crippen molar-refractivity contribution in [3.05, 3.63) is 23.8 Å². The van der Waals surface area contributed by atoms with E-state index in [1.165, 1.54) is 19.2 Å². The Bertz CT molecular complexity index is 579. The lowest BCUT2D eigenvalue weighted by Gasteiger charge is -2.08. The van der Waals surface area contributed by atoms with E-state index in [0.717, 1.165) is 12.5 Å². The highest BCUT2D eigenvalue weighted by molar-refractivity contribution is 7.91. The van der Waals surface area contributed by atoms with E-state index in [4.69, 9.17) is 14.9 Å². The maximum Gasteiger partial charge on any atom is 0.339 e. The number of benzene rings is 1. The van der Waals surface area contributed by atoms with Crippen LogP contribution in [-0.2, 0) is 9.84 Å². The second-order valence-electron chi connectivity index (χ2n) is 4.62. The number of carboxylic acids is 1.